The van der Waals surface area contributed by atoms with Gasteiger partial charge in [-0.1, -0.05) is 29.8 Å². The van der Waals surface area contributed by atoms with Crippen molar-refractivity contribution in [2.45, 2.75) is 17.7 Å². The van der Waals surface area contributed by atoms with Crippen molar-refractivity contribution in [3.63, 3.8) is 0 Å². The van der Waals surface area contributed by atoms with Gasteiger partial charge in [0.05, 0.1) is 11.2 Å². The van der Waals surface area contributed by atoms with E-state index in [4.69, 9.17) is 11.6 Å². The van der Waals surface area contributed by atoms with Gasteiger partial charge in [-0.25, -0.2) is 9.97 Å². The van der Waals surface area contributed by atoms with Crippen molar-refractivity contribution in [3.05, 3.63) is 47.2 Å². The lowest BCUT2D eigenvalue weighted by Crippen LogP contribution is -2.28. The maximum absolute atomic E-state index is 12.3. The summed E-state index contributed by atoms with van der Waals surface area (Å²) in [4.78, 5) is 24.2. The van der Waals surface area contributed by atoms with Crippen LogP contribution in [0, 0.1) is 0 Å². The molecule has 3 rings (SSSR count). The van der Waals surface area contributed by atoms with Crippen LogP contribution in [0.2, 0.25) is 5.02 Å². The number of aromatic nitrogens is 2. The Morgan fingerprint density at radius 2 is 2.00 bits per heavy atom. The van der Waals surface area contributed by atoms with Crippen molar-refractivity contribution in [2.24, 2.45) is 0 Å². The van der Waals surface area contributed by atoms with Gasteiger partial charge in [0.25, 0.3) is 5.91 Å². The van der Waals surface area contributed by atoms with Crippen LogP contribution < -0.4 is 10.2 Å². The van der Waals surface area contributed by atoms with Crippen LogP contribution in [0.25, 0.3) is 0 Å². The molecule has 2 heterocycles. The highest BCUT2D eigenvalue weighted by molar-refractivity contribution is 7.99. The van der Waals surface area contributed by atoms with Crippen molar-refractivity contribution >= 4 is 35.2 Å². The second-order valence-electron chi connectivity index (χ2n) is 5.48. The summed E-state index contributed by atoms with van der Waals surface area (Å²) in [6.07, 6.45) is 3.77. The predicted octanol–water partition coefficient (Wildman–Crippen LogP) is 3.25. The smallest absolute Gasteiger partial charge is 0.271 e. The number of nitrogens with one attached hydrogen (secondary N) is 1. The van der Waals surface area contributed by atoms with Gasteiger partial charge in [0.2, 0.25) is 5.95 Å². The summed E-state index contributed by atoms with van der Waals surface area (Å²) in [5, 5.41) is 3.16. The van der Waals surface area contributed by atoms with Gasteiger partial charge in [-0.3, -0.25) is 4.79 Å². The van der Waals surface area contributed by atoms with Gasteiger partial charge in [-0.2, -0.15) is 0 Å². The van der Waals surface area contributed by atoms with Gasteiger partial charge in [0.1, 0.15) is 0 Å². The molecule has 0 radical (unpaired) electrons. The number of nitrogens with zero attached hydrogens (tertiary/aromatic N) is 3. The van der Waals surface area contributed by atoms with E-state index in [0.717, 1.165) is 31.7 Å². The molecule has 1 saturated heterocycles. The third-order valence-corrected chi connectivity index (χ3v) is 5.03. The van der Waals surface area contributed by atoms with Crippen LogP contribution in [0.3, 0.4) is 0 Å². The molecule has 126 valence electrons. The largest absolute Gasteiger partial charge is 0.350 e. The molecular formula is C17H19ClN4OS. The molecule has 0 spiro atoms. The molecule has 0 unspecified atom stereocenters. The zero-order valence-corrected chi connectivity index (χ0v) is 14.8. The van der Waals surface area contributed by atoms with E-state index in [1.54, 1.807) is 11.8 Å². The van der Waals surface area contributed by atoms with Gasteiger partial charge >= 0.3 is 0 Å². The Morgan fingerprint density at radius 3 is 2.75 bits per heavy atom. The Balaban J connectivity index is 1.55. The van der Waals surface area contributed by atoms with Crippen LogP contribution in [-0.4, -0.2) is 41.3 Å². The second-order valence-corrected chi connectivity index (χ2v) is 7.05. The standard InChI is InChI=1S/C17H19ClN4OS/c18-14-12-20-17(22-9-4-5-10-22)21-15(14)16(23)19-8-11-24-13-6-2-1-3-7-13/h1-3,6-7,12H,4-5,8-11H2,(H,19,23). The first kappa shape index (κ1) is 17.0. The van der Waals surface area contributed by atoms with E-state index in [-0.39, 0.29) is 16.6 Å². The van der Waals surface area contributed by atoms with Crippen LogP contribution in [0.1, 0.15) is 23.3 Å². The molecule has 0 saturated carbocycles. The minimum atomic E-state index is -0.253. The fraction of sp³-hybridized carbons (Fsp3) is 0.353. The van der Waals surface area contributed by atoms with Gasteiger partial charge in [-0.05, 0) is 25.0 Å². The number of carbonyl (C=O) groups excluding carboxylic acids is 1. The van der Waals surface area contributed by atoms with Gasteiger partial charge in [-0.15, -0.1) is 11.8 Å². The summed E-state index contributed by atoms with van der Waals surface area (Å²) in [6, 6.07) is 10.1. The first-order chi connectivity index (χ1) is 11.7. The molecule has 1 aliphatic rings. The third-order valence-electron chi connectivity index (χ3n) is 3.73. The van der Waals surface area contributed by atoms with E-state index in [2.05, 4.69) is 32.3 Å². The van der Waals surface area contributed by atoms with Crippen LogP contribution in [0.4, 0.5) is 5.95 Å². The van der Waals surface area contributed by atoms with Gasteiger partial charge < -0.3 is 10.2 Å². The highest BCUT2D eigenvalue weighted by atomic mass is 35.5. The van der Waals surface area contributed by atoms with Gasteiger partial charge in [0.15, 0.2) is 5.69 Å². The van der Waals surface area contributed by atoms with Crippen molar-refractivity contribution in [3.8, 4) is 0 Å². The molecule has 1 aromatic heterocycles. The Hall–Kier alpha value is -1.79. The normalized spacial score (nSPS) is 14.0. The summed E-state index contributed by atoms with van der Waals surface area (Å²) in [6.45, 7) is 2.41. The monoisotopic (exact) mass is 362 g/mol. The summed E-state index contributed by atoms with van der Waals surface area (Å²) >= 11 is 7.79. The van der Waals surface area contributed by atoms with Crippen molar-refractivity contribution in [1.82, 2.24) is 15.3 Å². The zero-order valence-electron chi connectivity index (χ0n) is 13.2. The minimum absolute atomic E-state index is 0.248. The summed E-state index contributed by atoms with van der Waals surface area (Å²) in [5.41, 5.74) is 0.248. The molecular weight excluding hydrogens is 344 g/mol. The molecule has 0 aliphatic carbocycles. The van der Waals surface area contributed by atoms with Gasteiger partial charge in [0, 0.05) is 30.3 Å². The predicted molar refractivity (Wildman–Crippen MR) is 98.0 cm³/mol. The van der Waals surface area contributed by atoms with Crippen molar-refractivity contribution < 1.29 is 4.79 Å². The molecule has 0 bridgehead atoms. The Bertz CT molecular complexity index is 692. The highest BCUT2D eigenvalue weighted by Gasteiger charge is 2.19. The first-order valence-corrected chi connectivity index (χ1v) is 9.34. The lowest BCUT2D eigenvalue weighted by molar-refractivity contribution is 0.0951. The fourth-order valence-electron chi connectivity index (χ4n) is 2.52. The number of halogens is 1. The number of carbonyl (C=O) groups is 1. The quantitative estimate of drug-likeness (QED) is 0.631. The molecule has 1 aromatic carbocycles. The highest BCUT2D eigenvalue weighted by Crippen LogP contribution is 2.20. The SMILES string of the molecule is O=C(NCCSc1ccccc1)c1nc(N2CCCC2)ncc1Cl. The van der Waals surface area contributed by atoms with Crippen molar-refractivity contribution in [1.29, 1.82) is 0 Å². The number of thioether (sulfide) groups is 1. The Labute approximate surface area is 150 Å². The molecule has 1 aliphatic heterocycles. The van der Waals surface area contributed by atoms with E-state index in [9.17, 15) is 4.79 Å². The van der Waals surface area contributed by atoms with E-state index in [0.29, 0.717) is 12.5 Å². The molecule has 0 atom stereocenters. The Kier molecular flexibility index (Phi) is 5.93. The number of anilines is 1. The zero-order chi connectivity index (χ0) is 16.8. The second kappa shape index (κ2) is 8.35. The fourth-order valence-corrected chi connectivity index (χ4v) is 3.49. The molecule has 24 heavy (non-hydrogen) atoms. The molecule has 1 amide bonds. The Morgan fingerprint density at radius 1 is 1.25 bits per heavy atom. The average molecular weight is 363 g/mol. The van der Waals surface area contributed by atoms with Crippen LogP contribution in [-0.2, 0) is 0 Å². The number of rotatable bonds is 6. The molecule has 1 N–H and O–H groups in total. The lowest BCUT2D eigenvalue weighted by Gasteiger charge is -2.15. The summed E-state index contributed by atoms with van der Waals surface area (Å²) in [5.74, 6) is 1.12. The maximum Gasteiger partial charge on any atom is 0.271 e. The maximum atomic E-state index is 12.3. The number of amides is 1. The summed E-state index contributed by atoms with van der Waals surface area (Å²) in [7, 11) is 0. The summed E-state index contributed by atoms with van der Waals surface area (Å²) < 4.78 is 0. The topological polar surface area (TPSA) is 58.1 Å². The van der Waals surface area contributed by atoms with E-state index < -0.39 is 0 Å². The lowest BCUT2D eigenvalue weighted by atomic mass is 10.3. The first-order valence-electron chi connectivity index (χ1n) is 7.97. The molecule has 1 fully saturated rings. The average Bonchev–Trinajstić information content (AvgIpc) is 3.14. The van der Waals surface area contributed by atoms with Crippen molar-refractivity contribution in [2.75, 3.05) is 30.3 Å². The third kappa shape index (κ3) is 4.39. The van der Waals surface area contributed by atoms with Crippen LogP contribution in [0.5, 0.6) is 0 Å². The van der Waals surface area contributed by atoms with Crippen LogP contribution >= 0.6 is 23.4 Å². The number of hydrogen-bond donors (Lipinski definition) is 1. The number of hydrogen-bond acceptors (Lipinski definition) is 5. The van der Waals surface area contributed by atoms with Crippen LogP contribution in [0.15, 0.2) is 41.4 Å². The minimum Gasteiger partial charge on any atom is -0.350 e. The van der Waals surface area contributed by atoms with E-state index in [1.165, 1.54) is 11.1 Å². The number of benzene rings is 1. The van der Waals surface area contributed by atoms with E-state index >= 15 is 0 Å². The van der Waals surface area contributed by atoms with E-state index in [1.807, 2.05) is 18.2 Å². The molecule has 7 heteroatoms. The molecule has 5 nitrogen and oxygen atoms in total. The molecule has 2 aromatic rings.